The summed E-state index contributed by atoms with van der Waals surface area (Å²) in [6.07, 6.45) is 3.71. The van der Waals surface area contributed by atoms with Gasteiger partial charge in [-0.3, -0.25) is 34.5 Å². The number of nitrogens with one attached hydrogen (secondary N) is 2. The molecule has 6 N–H and O–H groups in total. The fourth-order valence-corrected chi connectivity index (χ4v) is 7.73. The number of aromatic nitrogens is 9. The highest BCUT2D eigenvalue weighted by molar-refractivity contribution is 6.06. The van der Waals surface area contributed by atoms with Gasteiger partial charge in [-0.1, -0.05) is 12.2 Å². The van der Waals surface area contributed by atoms with E-state index in [9.17, 15) is 19.2 Å². The van der Waals surface area contributed by atoms with Crippen LogP contribution in [0.5, 0.6) is 17.2 Å². The number of rotatable bonds is 9. The van der Waals surface area contributed by atoms with Crippen LogP contribution in [0.1, 0.15) is 72.8 Å². The van der Waals surface area contributed by atoms with Gasteiger partial charge >= 0.3 is 11.7 Å². The van der Waals surface area contributed by atoms with Gasteiger partial charge in [0.2, 0.25) is 23.7 Å². The van der Waals surface area contributed by atoms with Crippen molar-refractivity contribution in [1.29, 1.82) is 0 Å². The summed E-state index contributed by atoms with van der Waals surface area (Å²) >= 11 is 0. The van der Waals surface area contributed by atoms with Crippen molar-refractivity contribution in [3.63, 3.8) is 0 Å². The first kappa shape index (κ1) is 40.7. The predicted molar refractivity (Wildman–Crippen MR) is 226 cm³/mol. The van der Waals surface area contributed by atoms with Gasteiger partial charge in [0.05, 0.1) is 36.5 Å². The van der Waals surface area contributed by atoms with Crippen LogP contribution < -0.4 is 40.9 Å². The number of nitrogens with zero attached hydrogens (tertiary/aromatic N) is 9. The lowest BCUT2D eigenvalue weighted by molar-refractivity contribution is -0.606. The van der Waals surface area contributed by atoms with Crippen LogP contribution in [-0.2, 0) is 32.8 Å². The molecular formula is C42H44N13O7+. The number of ether oxygens (including phenoxy) is 3. The topological polar surface area (TPSA) is 247 Å². The van der Waals surface area contributed by atoms with Gasteiger partial charge in [-0.15, -0.1) is 4.68 Å². The Morgan fingerprint density at radius 3 is 1.94 bits per heavy atom. The van der Waals surface area contributed by atoms with Crippen molar-refractivity contribution in [2.45, 2.75) is 60.5 Å². The molecule has 8 rings (SSSR count). The van der Waals surface area contributed by atoms with E-state index in [2.05, 4.69) is 15.7 Å². The van der Waals surface area contributed by atoms with Crippen LogP contribution in [0.15, 0.2) is 60.7 Å². The van der Waals surface area contributed by atoms with Crippen LogP contribution >= 0.6 is 0 Å². The molecule has 4 amide bonds. The van der Waals surface area contributed by atoms with Crippen molar-refractivity contribution >= 4 is 57.6 Å². The number of allylic oxidation sites excluding steroid dienone is 2. The second kappa shape index (κ2) is 16.2. The SMILES string of the molecule is CCn1nc(C)c2c1C(=O)Nc1nc3cc(C(N)=O)cc(COc4ccc(OC)cc4)c3n1C/C=C/Cn1c(nc3cc(C(N)=O)cc(OC)c31)NC(=O)c1n(CC)nc(C)[n+]1-2. The number of carbonyl (C=O) groups excluding carboxylic acids is 4. The Hall–Kier alpha value is -8.03. The van der Waals surface area contributed by atoms with E-state index in [4.69, 9.17) is 40.7 Å². The number of primary amides is 2. The van der Waals surface area contributed by atoms with E-state index < -0.39 is 23.6 Å². The zero-order valence-electron chi connectivity index (χ0n) is 34.8. The summed E-state index contributed by atoms with van der Waals surface area (Å²) in [5.41, 5.74) is 15.1. The highest BCUT2D eigenvalue weighted by Crippen LogP contribution is 2.32. The Bertz CT molecular complexity index is 2990. The maximum absolute atomic E-state index is 14.8. The van der Waals surface area contributed by atoms with E-state index in [1.165, 1.54) is 23.9 Å². The van der Waals surface area contributed by atoms with Crippen molar-refractivity contribution in [2.75, 3.05) is 24.9 Å². The molecular weight excluding hydrogens is 799 g/mol. The minimum atomic E-state index is -0.679. The number of carbonyl (C=O) groups is 4. The van der Waals surface area contributed by atoms with Crippen molar-refractivity contribution in [2.24, 2.45) is 11.5 Å². The van der Waals surface area contributed by atoms with Crippen molar-refractivity contribution in [3.8, 4) is 22.9 Å². The Morgan fingerprint density at radius 2 is 1.34 bits per heavy atom. The summed E-state index contributed by atoms with van der Waals surface area (Å²) in [5.74, 6) is -0.196. The first-order chi connectivity index (χ1) is 29.8. The average Bonchev–Trinajstić information content (AvgIpc) is 3.99. The monoisotopic (exact) mass is 842 g/mol. The lowest BCUT2D eigenvalue weighted by Crippen LogP contribution is -2.44. The zero-order chi connectivity index (χ0) is 44.0. The third kappa shape index (κ3) is 7.09. The van der Waals surface area contributed by atoms with E-state index in [0.29, 0.717) is 75.2 Å². The van der Waals surface area contributed by atoms with Crippen LogP contribution in [0.4, 0.5) is 11.9 Å². The van der Waals surface area contributed by atoms with E-state index in [0.717, 1.165) is 0 Å². The van der Waals surface area contributed by atoms with Crippen LogP contribution in [0, 0.1) is 13.8 Å². The first-order valence-electron chi connectivity index (χ1n) is 19.7. The lowest BCUT2D eigenvalue weighted by Gasteiger charge is -2.14. The number of hydrogen-bond acceptors (Lipinski definition) is 11. The molecule has 0 saturated heterocycles. The molecule has 62 heavy (non-hydrogen) atoms. The van der Waals surface area contributed by atoms with Gasteiger partial charge < -0.3 is 34.8 Å². The van der Waals surface area contributed by atoms with Gasteiger partial charge in [0.25, 0.3) is 11.7 Å². The third-order valence-electron chi connectivity index (χ3n) is 10.5. The Labute approximate surface area is 353 Å². The van der Waals surface area contributed by atoms with Gasteiger partial charge in [0.15, 0.2) is 11.4 Å². The molecule has 0 unspecified atom stereocenters. The zero-order valence-corrected chi connectivity index (χ0v) is 34.8. The predicted octanol–water partition coefficient (Wildman–Crippen LogP) is 3.58. The van der Waals surface area contributed by atoms with Gasteiger partial charge in [0.1, 0.15) is 35.9 Å². The standard InChI is InChI=1S/C42H43N13O7/c1-7-53-35-32(22(3)49-53)55-23(4)50-54(8-2)40(55)39(59)48-42-46-30-19-25(37(44)57)20-31(61-6)34(30)52(42)16-10-9-15-51-33-26(21-62-28-13-11-27(60-5)12-14-28)17-24(36(43)56)18-29(33)45-41(51)47-38(35)58/h9-14,17-20H,7-8,15-16,21H2,1-6H3,(H5-,43,44,45,46,47,48,56,57,58,59)/p+1/b10-9+. The molecule has 3 aromatic carbocycles. The molecule has 0 aliphatic carbocycles. The number of methoxy groups -OCH3 is 2. The molecule has 0 radical (unpaired) electrons. The lowest BCUT2D eigenvalue weighted by atomic mass is 10.1. The Morgan fingerprint density at radius 1 is 0.758 bits per heavy atom. The quantitative estimate of drug-likeness (QED) is 0.121. The second-order valence-corrected chi connectivity index (χ2v) is 14.3. The van der Waals surface area contributed by atoms with Gasteiger partial charge in [-0.2, -0.15) is 9.67 Å². The number of fused-ring (bicyclic) bond motifs is 9. The van der Waals surface area contributed by atoms with Crippen LogP contribution in [0.25, 0.3) is 27.8 Å². The molecule has 318 valence electrons. The number of aryl methyl sites for hydroxylation is 4. The molecule has 20 nitrogen and oxygen atoms in total. The number of benzene rings is 3. The average molecular weight is 843 g/mol. The first-order valence-corrected chi connectivity index (χ1v) is 19.7. The van der Waals surface area contributed by atoms with Crippen LogP contribution in [0.3, 0.4) is 0 Å². The van der Waals surface area contributed by atoms with Crippen molar-refractivity contribution < 1.29 is 38.0 Å². The summed E-state index contributed by atoms with van der Waals surface area (Å²) in [6, 6.07) is 13.3. The van der Waals surface area contributed by atoms with Gasteiger partial charge in [-0.05, 0) is 69.3 Å². The van der Waals surface area contributed by atoms with E-state index in [1.807, 2.05) is 26.0 Å². The minimum Gasteiger partial charge on any atom is -0.497 e. The van der Waals surface area contributed by atoms with E-state index in [1.54, 1.807) is 75.7 Å². The summed E-state index contributed by atoms with van der Waals surface area (Å²) in [5, 5.41) is 15.4. The molecule has 0 spiro atoms. The number of nitrogens with two attached hydrogens (primary N) is 2. The van der Waals surface area contributed by atoms with Crippen molar-refractivity contribution in [1.82, 2.24) is 38.7 Å². The maximum atomic E-state index is 14.8. The maximum Gasteiger partial charge on any atom is 0.331 e. The fourth-order valence-electron chi connectivity index (χ4n) is 7.73. The Balaban J connectivity index is 1.36. The normalized spacial score (nSPS) is 13.5. The number of imidazole rings is 2. The molecule has 1 aliphatic heterocycles. The minimum absolute atomic E-state index is 0.00989. The number of amides is 4. The second-order valence-electron chi connectivity index (χ2n) is 14.3. The summed E-state index contributed by atoms with van der Waals surface area (Å²) in [6.45, 7) is 8.10. The largest absolute Gasteiger partial charge is 0.497 e. The molecule has 4 aromatic heterocycles. The summed E-state index contributed by atoms with van der Waals surface area (Å²) in [7, 11) is 3.04. The molecule has 5 heterocycles. The number of hydrogen-bond donors (Lipinski definition) is 4. The summed E-state index contributed by atoms with van der Waals surface area (Å²) < 4.78 is 25.5. The van der Waals surface area contributed by atoms with E-state index in [-0.39, 0.29) is 54.2 Å². The molecule has 0 bridgehead atoms. The molecule has 1 aliphatic rings. The van der Waals surface area contributed by atoms with Crippen LogP contribution in [0.2, 0.25) is 0 Å². The van der Waals surface area contributed by atoms with Crippen molar-refractivity contribution in [3.05, 3.63) is 100 Å². The molecule has 0 saturated carbocycles. The van der Waals surface area contributed by atoms with Crippen LogP contribution in [-0.4, -0.2) is 76.5 Å². The fraction of sp³-hybridized carbons (Fsp3) is 0.262. The Kier molecular flexibility index (Phi) is 10.6. The third-order valence-corrected chi connectivity index (χ3v) is 10.5. The highest BCUT2D eigenvalue weighted by atomic mass is 16.5. The molecule has 0 fully saturated rings. The van der Waals surface area contributed by atoms with Gasteiger partial charge in [-0.25, -0.2) is 9.97 Å². The van der Waals surface area contributed by atoms with E-state index >= 15 is 0 Å². The molecule has 20 heteroatoms. The highest BCUT2D eigenvalue weighted by Gasteiger charge is 2.37. The molecule has 0 atom stereocenters. The smallest absolute Gasteiger partial charge is 0.331 e. The van der Waals surface area contributed by atoms with Gasteiger partial charge in [0, 0.05) is 48.3 Å². The molecule has 7 aromatic rings. The number of anilines is 2. The summed E-state index contributed by atoms with van der Waals surface area (Å²) in [4.78, 5) is 64.0.